The van der Waals surface area contributed by atoms with Crippen LogP contribution in [0, 0.1) is 10.1 Å². The van der Waals surface area contributed by atoms with Crippen LogP contribution in [0.1, 0.15) is 38.1 Å². The fourth-order valence-electron chi connectivity index (χ4n) is 4.08. The molecule has 178 valence electrons. The quantitative estimate of drug-likeness (QED) is 0.306. The Labute approximate surface area is 205 Å². The lowest BCUT2D eigenvalue weighted by atomic mass is 10.1. The van der Waals surface area contributed by atoms with Crippen molar-refractivity contribution in [3.8, 4) is 11.3 Å². The first-order chi connectivity index (χ1) is 17.1. The highest BCUT2D eigenvalue weighted by atomic mass is 32.2. The van der Waals surface area contributed by atoms with E-state index in [4.69, 9.17) is 14.5 Å². The second-order valence-corrected chi connectivity index (χ2v) is 9.19. The number of fused-ring (bicyclic) bond motifs is 2. The zero-order chi connectivity index (χ0) is 24.4. The Morgan fingerprint density at radius 1 is 1.11 bits per heavy atom. The highest BCUT2D eigenvalue weighted by Crippen LogP contribution is 2.36. The number of rotatable bonds is 7. The minimum Gasteiger partial charge on any atom is -0.456 e. The maximum Gasteiger partial charge on any atom is 0.280 e. The standard InChI is InChI=1S/C25H23N5O4S/c1-2-3-8-15-35-25-27-24(31)22-16-9-4-6-11-18(16)26-23(29(22)28-25)21-14-13-20(34-21)17-10-5-7-12-19(17)30(32)33/h4-7,9-14,23H,2-3,8,15H2,1H3,(H,27,28,31). The maximum atomic E-state index is 13.2. The van der Waals surface area contributed by atoms with E-state index in [1.807, 2.05) is 24.3 Å². The fraction of sp³-hybridized carbons (Fsp3) is 0.240. The maximum absolute atomic E-state index is 13.2. The third-order valence-electron chi connectivity index (χ3n) is 5.75. The lowest BCUT2D eigenvalue weighted by Gasteiger charge is -2.32. The third kappa shape index (κ3) is 4.44. The SMILES string of the molecule is CCCCCSC1=NN2C(=c3ccccc3=NC2c2ccc(-c3ccccc3[N+](=O)[O-])o2)C(=O)N1. The second-order valence-electron chi connectivity index (χ2n) is 8.10. The number of hydrogen-bond donors (Lipinski definition) is 1. The zero-order valence-corrected chi connectivity index (χ0v) is 19.8. The number of carbonyl (C=O) groups excluding carboxylic acids is 1. The van der Waals surface area contributed by atoms with Crippen LogP contribution in [0.15, 0.2) is 75.2 Å². The second kappa shape index (κ2) is 9.75. The number of thioether (sulfide) groups is 1. The smallest absolute Gasteiger partial charge is 0.280 e. The van der Waals surface area contributed by atoms with E-state index in [2.05, 4.69) is 12.2 Å². The topological polar surface area (TPSA) is 113 Å². The van der Waals surface area contributed by atoms with Crippen LogP contribution in [0.2, 0.25) is 0 Å². The zero-order valence-electron chi connectivity index (χ0n) is 19.0. The molecular formula is C25H23N5O4S. The monoisotopic (exact) mass is 489 g/mol. The number of amides is 1. The average Bonchev–Trinajstić information content (AvgIpc) is 3.36. The van der Waals surface area contributed by atoms with Crippen LogP contribution in [0.3, 0.4) is 0 Å². The number of hydrazone groups is 1. The molecule has 3 heterocycles. The molecule has 1 amide bonds. The summed E-state index contributed by atoms with van der Waals surface area (Å²) in [5.74, 6) is 1.37. The molecule has 5 rings (SSSR count). The van der Waals surface area contributed by atoms with E-state index in [9.17, 15) is 14.9 Å². The van der Waals surface area contributed by atoms with E-state index in [0.717, 1.165) is 25.0 Å². The fourth-order valence-corrected chi connectivity index (χ4v) is 4.93. The van der Waals surface area contributed by atoms with Crippen molar-refractivity contribution in [2.75, 3.05) is 5.75 Å². The predicted molar refractivity (Wildman–Crippen MR) is 134 cm³/mol. The van der Waals surface area contributed by atoms with Crippen LogP contribution in [0.25, 0.3) is 17.0 Å². The summed E-state index contributed by atoms with van der Waals surface area (Å²) in [4.78, 5) is 29.1. The number of carbonyl (C=O) groups is 1. The molecule has 0 aliphatic carbocycles. The largest absolute Gasteiger partial charge is 0.456 e. The Hall–Kier alpha value is -3.92. The first-order valence-electron chi connectivity index (χ1n) is 11.4. The van der Waals surface area contributed by atoms with Gasteiger partial charge in [0.1, 0.15) is 11.5 Å². The first kappa shape index (κ1) is 22.9. The normalized spacial score (nSPS) is 16.7. The van der Waals surface area contributed by atoms with Crippen LogP contribution in [0.4, 0.5) is 5.69 Å². The summed E-state index contributed by atoms with van der Waals surface area (Å²) in [7, 11) is 0. The summed E-state index contributed by atoms with van der Waals surface area (Å²) < 4.78 is 6.09. The van der Waals surface area contributed by atoms with Crippen LogP contribution in [-0.4, -0.2) is 26.8 Å². The molecule has 0 bridgehead atoms. The van der Waals surface area contributed by atoms with Gasteiger partial charge < -0.3 is 4.42 Å². The number of nitro groups is 1. The Bertz CT molecular complexity index is 1450. The van der Waals surface area contributed by atoms with Crippen molar-refractivity contribution >= 4 is 34.2 Å². The number of nitro benzene ring substituents is 1. The van der Waals surface area contributed by atoms with Gasteiger partial charge in [-0.2, -0.15) is 0 Å². The van der Waals surface area contributed by atoms with E-state index in [-0.39, 0.29) is 11.6 Å². The number of furan rings is 1. The molecule has 35 heavy (non-hydrogen) atoms. The molecule has 1 unspecified atom stereocenters. The van der Waals surface area contributed by atoms with Gasteiger partial charge in [-0.3, -0.25) is 20.2 Å². The molecule has 9 nitrogen and oxygen atoms in total. The highest BCUT2D eigenvalue weighted by molar-refractivity contribution is 8.13. The van der Waals surface area contributed by atoms with Crippen molar-refractivity contribution in [3.05, 3.63) is 87.1 Å². The Kier molecular flexibility index (Phi) is 6.37. The van der Waals surface area contributed by atoms with Crippen molar-refractivity contribution < 1.29 is 14.1 Å². The number of nitrogens with zero attached hydrogens (tertiary/aromatic N) is 4. The van der Waals surface area contributed by atoms with Crippen molar-refractivity contribution in [2.24, 2.45) is 10.1 Å². The van der Waals surface area contributed by atoms with E-state index in [0.29, 0.717) is 38.5 Å². The number of benzene rings is 2. The lowest BCUT2D eigenvalue weighted by Crippen LogP contribution is -2.50. The van der Waals surface area contributed by atoms with Crippen LogP contribution < -0.4 is 15.9 Å². The van der Waals surface area contributed by atoms with Gasteiger partial charge in [-0.05, 0) is 30.7 Å². The summed E-state index contributed by atoms with van der Waals surface area (Å²) >= 11 is 1.50. The van der Waals surface area contributed by atoms with Crippen molar-refractivity contribution in [1.29, 1.82) is 0 Å². The molecule has 2 aliphatic rings. The van der Waals surface area contributed by atoms with Gasteiger partial charge in [0.15, 0.2) is 10.9 Å². The van der Waals surface area contributed by atoms with Gasteiger partial charge in [0.05, 0.1) is 15.8 Å². The Morgan fingerprint density at radius 2 is 1.91 bits per heavy atom. The summed E-state index contributed by atoms with van der Waals surface area (Å²) in [6, 6.07) is 17.2. The number of amidine groups is 1. The van der Waals surface area contributed by atoms with Crippen LogP contribution >= 0.6 is 11.8 Å². The molecular weight excluding hydrogens is 466 g/mol. The van der Waals surface area contributed by atoms with Gasteiger partial charge >= 0.3 is 0 Å². The Balaban J connectivity index is 1.56. The van der Waals surface area contributed by atoms with Gasteiger partial charge in [0.2, 0.25) is 6.17 Å². The van der Waals surface area contributed by atoms with Gasteiger partial charge in [-0.15, -0.1) is 5.10 Å². The molecule has 2 aromatic carbocycles. The van der Waals surface area contributed by atoms with Crippen LogP contribution in [-0.2, 0) is 4.79 Å². The van der Waals surface area contributed by atoms with Gasteiger partial charge in [-0.1, -0.05) is 61.9 Å². The van der Waals surface area contributed by atoms with Gasteiger partial charge in [0, 0.05) is 17.0 Å². The van der Waals surface area contributed by atoms with E-state index in [1.165, 1.54) is 17.8 Å². The summed E-state index contributed by atoms with van der Waals surface area (Å²) in [5.41, 5.74) is 0.714. The first-order valence-corrected chi connectivity index (χ1v) is 12.4. The summed E-state index contributed by atoms with van der Waals surface area (Å²) in [6.07, 6.45) is 2.53. The summed E-state index contributed by atoms with van der Waals surface area (Å²) in [5, 5.41) is 22.6. The minimum absolute atomic E-state index is 0.0484. The molecule has 0 fully saturated rings. The summed E-state index contributed by atoms with van der Waals surface area (Å²) in [6.45, 7) is 2.14. The Morgan fingerprint density at radius 3 is 2.74 bits per heavy atom. The average molecular weight is 490 g/mol. The molecule has 0 spiro atoms. The molecule has 0 radical (unpaired) electrons. The molecule has 10 heteroatoms. The molecule has 1 aromatic heterocycles. The van der Waals surface area contributed by atoms with E-state index < -0.39 is 11.1 Å². The predicted octanol–water partition coefficient (Wildman–Crippen LogP) is 3.92. The van der Waals surface area contributed by atoms with Crippen LogP contribution in [0.5, 0.6) is 0 Å². The molecule has 1 atom stereocenters. The number of para-hydroxylation sites is 2. The molecule has 0 saturated carbocycles. The number of nitrogens with one attached hydrogen (secondary N) is 1. The molecule has 0 saturated heterocycles. The lowest BCUT2D eigenvalue weighted by molar-refractivity contribution is -0.384. The van der Waals surface area contributed by atoms with E-state index >= 15 is 0 Å². The highest BCUT2D eigenvalue weighted by Gasteiger charge is 2.36. The van der Waals surface area contributed by atoms with E-state index in [1.54, 1.807) is 35.3 Å². The molecule has 1 N–H and O–H groups in total. The van der Waals surface area contributed by atoms with Gasteiger partial charge in [-0.25, -0.2) is 10.0 Å². The van der Waals surface area contributed by atoms with Crippen molar-refractivity contribution in [3.63, 3.8) is 0 Å². The minimum atomic E-state index is -0.728. The van der Waals surface area contributed by atoms with Crippen molar-refractivity contribution in [2.45, 2.75) is 32.4 Å². The van der Waals surface area contributed by atoms with Gasteiger partial charge in [0.25, 0.3) is 11.6 Å². The third-order valence-corrected chi connectivity index (χ3v) is 6.70. The number of hydrogen-bond acceptors (Lipinski definition) is 8. The molecule has 2 aliphatic heterocycles. The van der Waals surface area contributed by atoms with Crippen molar-refractivity contribution in [1.82, 2.24) is 10.3 Å². The molecule has 3 aromatic rings. The number of unbranched alkanes of at least 4 members (excludes halogenated alkanes) is 2.